The maximum absolute atomic E-state index is 11.7. The smallest absolute Gasteiger partial charge is 0.407 e. The van der Waals surface area contributed by atoms with E-state index in [0.717, 1.165) is 0 Å². The zero-order chi connectivity index (χ0) is 16.3. The molecule has 0 radical (unpaired) electrons. The first kappa shape index (κ1) is 17.7. The van der Waals surface area contributed by atoms with E-state index >= 15 is 0 Å². The Morgan fingerprint density at radius 3 is 2.43 bits per heavy atom. The largest absolute Gasteiger partial charge is 0.469 e. The van der Waals surface area contributed by atoms with Crippen molar-refractivity contribution in [3.05, 3.63) is 0 Å². The van der Waals surface area contributed by atoms with Crippen LogP contribution in [-0.2, 0) is 24.1 Å². The van der Waals surface area contributed by atoms with E-state index in [9.17, 15) is 18.0 Å². The van der Waals surface area contributed by atoms with E-state index in [-0.39, 0.29) is 24.0 Å². The van der Waals surface area contributed by atoms with Gasteiger partial charge in [0.1, 0.15) is 5.60 Å². The molecule has 0 aliphatic carbocycles. The maximum atomic E-state index is 11.7. The fraction of sp³-hybridized carbons (Fsp3) is 0.846. The fourth-order valence-corrected chi connectivity index (χ4v) is 3.99. The third-order valence-electron chi connectivity index (χ3n) is 3.21. The van der Waals surface area contributed by atoms with Gasteiger partial charge < -0.3 is 14.8 Å². The zero-order valence-corrected chi connectivity index (χ0v) is 13.7. The van der Waals surface area contributed by atoms with Crippen LogP contribution in [0, 0.1) is 11.8 Å². The molecule has 2 atom stereocenters. The summed E-state index contributed by atoms with van der Waals surface area (Å²) in [4.78, 5) is 23.3. The fourth-order valence-electron chi connectivity index (χ4n) is 2.21. The normalized spacial score (nSPS) is 25.0. The molecule has 8 heteroatoms. The van der Waals surface area contributed by atoms with Crippen molar-refractivity contribution in [3.8, 4) is 0 Å². The minimum Gasteiger partial charge on any atom is -0.469 e. The summed E-state index contributed by atoms with van der Waals surface area (Å²) in [5.41, 5.74) is -0.609. The molecule has 0 aromatic rings. The van der Waals surface area contributed by atoms with Crippen LogP contribution in [0.25, 0.3) is 0 Å². The predicted molar refractivity (Wildman–Crippen MR) is 76.5 cm³/mol. The molecule has 1 fully saturated rings. The summed E-state index contributed by atoms with van der Waals surface area (Å²) in [6.45, 7) is 5.43. The molecular formula is C13H23NO6S. The summed E-state index contributed by atoms with van der Waals surface area (Å²) >= 11 is 0. The van der Waals surface area contributed by atoms with Crippen molar-refractivity contribution < 1.29 is 27.5 Å². The first-order valence-corrected chi connectivity index (χ1v) is 8.61. The van der Waals surface area contributed by atoms with Crippen LogP contribution in [-0.4, -0.2) is 51.2 Å². The summed E-state index contributed by atoms with van der Waals surface area (Å²) in [5, 5.41) is 2.58. The van der Waals surface area contributed by atoms with Crippen molar-refractivity contribution in [1.29, 1.82) is 0 Å². The standard InChI is InChI=1S/C13H23NO6S/c1-13(2,3)20-12(16)14-7-9-5-6-21(17,18)8-10(9)11(15)19-4/h9-10H,5-8H2,1-4H3,(H,14,16)/t9-,10+/m0/s1. The molecule has 1 rings (SSSR count). The van der Waals surface area contributed by atoms with Gasteiger partial charge in [0, 0.05) is 6.54 Å². The van der Waals surface area contributed by atoms with Crippen LogP contribution >= 0.6 is 0 Å². The summed E-state index contributed by atoms with van der Waals surface area (Å²) in [7, 11) is -2.01. The van der Waals surface area contributed by atoms with Gasteiger partial charge in [-0.15, -0.1) is 0 Å². The quantitative estimate of drug-likeness (QED) is 0.770. The van der Waals surface area contributed by atoms with Crippen LogP contribution in [0.1, 0.15) is 27.2 Å². The molecule has 0 aromatic carbocycles. The van der Waals surface area contributed by atoms with Gasteiger partial charge in [0.25, 0.3) is 0 Å². The average Bonchev–Trinajstić information content (AvgIpc) is 2.33. The lowest BCUT2D eigenvalue weighted by molar-refractivity contribution is -0.146. The van der Waals surface area contributed by atoms with Gasteiger partial charge in [-0.2, -0.15) is 0 Å². The number of sulfone groups is 1. The SMILES string of the molecule is COC(=O)[C@@H]1CS(=O)(=O)CC[C@H]1CNC(=O)OC(C)(C)C. The van der Waals surface area contributed by atoms with Crippen molar-refractivity contribution >= 4 is 21.9 Å². The average molecular weight is 321 g/mol. The summed E-state index contributed by atoms with van der Waals surface area (Å²) in [5.74, 6) is -1.80. The number of amides is 1. The van der Waals surface area contributed by atoms with Gasteiger partial charge in [-0.05, 0) is 33.1 Å². The Bertz CT molecular complexity index is 493. The molecule has 1 saturated heterocycles. The van der Waals surface area contributed by atoms with Gasteiger partial charge in [0.05, 0.1) is 24.5 Å². The molecule has 21 heavy (non-hydrogen) atoms. The van der Waals surface area contributed by atoms with Crippen LogP contribution in [0.15, 0.2) is 0 Å². The first-order valence-electron chi connectivity index (χ1n) is 6.79. The number of hydrogen-bond acceptors (Lipinski definition) is 6. The van der Waals surface area contributed by atoms with Gasteiger partial charge >= 0.3 is 12.1 Å². The predicted octanol–water partition coefficient (Wildman–Crippen LogP) is 0.735. The number of alkyl carbamates (subject to hydrolysis) is 1. The van der Waals surface area contributed by atoms with E-state index in [1.807, 2.05) is 0 Å². The summed E-state index contributed by atoms with van der Waals surface area (Å²) in [6.07, 6.45) is -0.266. The van der Waals surface area contributed by atoms with E-state index in [1.54, 1.807) is 20.8 Å². The highest BCUT2D eigenvalue weighted by Crippen LogP contribution is 2.26. The molecule has 1 aliphatic heterocycles. The van der Waals surface area contributed by atoms with Crippen molar-refractivity contribution in [3.63, 3.8) is 0 Å². The molecule has 1 N–H and O–H groups in total. The number of esters is 1. The maximum Gasteiger partial charge on any atom is 0.407 e. The second kappa shape index (κ2) is 6.64. The summed E-state index contributed by atoms with van der Waals surface area (Å²) < 4.78 is 33.0. The second-order valence-electron chi connectivity index (χ2n) is 6.18. The Morgan fingerprint density at radius 1 is 1.29 bits per heavy atom. The van der Waals surface area contributed by atoms with Crippen LogP contribution in [0.5, 0.6) is 0 Å². The first-order chi connectivity index (χ1) is 9.54. The van der Waals surface area contributed by atoms with Crippen LogP contribution in [0.4, 0.5) is 4.79 Å². The number of methoxy groups -OCH3 is 1. The number of ether oxygens (including phenoxy) is 2. The lowest BCUT2D eigenvalue weighted by Gasteiger charge is -2.29. The molecule has 122 valence electrons. The lowest BCUT2D eigenvalue weighted by atomic mass is 9.91. The monoisotopic (exact) mass is 321 g/mol. The van der Waals surface area contributed by atoms with Gasteiger partial charge in [-0.1, -0.05) is 0 Å². The van der Waals surface area contributed by atoms with E-state index in [0.29, 0.717) is 6.42 Å². The Morgan fingerprint density at radius 2 is 1.90 bits per heavy atom. The molecule has 0 saturated carbocycles. The number of carbonyl (C=O) groups is 2. The highest BCUT2D eigenvalue weighted by molar-refractivity contribution is 7.91. The minimum atomic E-state index is -3.23. The molecule has 0 bridgehead atoms. The minimum absolute atomic E-state index is 0.0150. The van der Waals surface area contributed by atoms with E-state index in [4.69, 9.17) is 4.74 Å². The van der Waals surface area contributed by atoms with Gasteiger partial charge in [0.2, 0.25) is 0 Å². The Balaban J connectivity index is 2.63. The Hall–Kier alpha value is -1.31. The molecule has 1 aliphatic rings. The van der Waals surface area contributed by atoms with Crippen LogP contribution < -0.4 is 5.32 Å². The molecular weight excluding hydrogens is 298 g/mol. The van der Waals surface area contributed by atoms with Crippen molar-refractivity contribution in [2.75, 3.05) is 25.2 Å². The molecule has 0 aromatic heterocycles. The number of rotatable bonds is 3. The molecule has 1 amide bonds. The zero-order valence-electron chi connectivity index (χ0n) is 12.8. The number of nitrogens with one attached hydrogen (secondary N) is 1. The number of hydrogen-bond donors (Lipinski definition) is 1. The molecule has 0 spiro atoms. The topological polar surface area (TPSA) is 98.8 Å². The van der Waals surface area contributed by atoms with Gasteiger partial charge in [-0.25, -0.2) is 13.2 Å². The van der Waals surface area contributed by atoms with Crippen molar-refractivity contribution in [1.82, 2.24) is 5.32 Å². The van der Waals surface area contributed by atoms with Crippen LogP contribution in [0.2, 0.25) is 0 Å². The van der Waals surface area contributed by atoms with Crippen molar-refractivity contribution in [2.24, 2.45) is 11.8 Å². The number of carbonyl (C=O) groups excluding carboxylic acids is 2. The molecule has 1 heterocycles. The lowest BCUT2D eigenvalue weighted by Crippen LogP contribution is -2.44. The van der Waals surface area contributed by atoms with E-state index in [1.165, 1.54) is 7.11 Å². The Labute approximate surface area is 125 Å². The molecule has 0 unspecified atom stereocenters. The van der Waals surface area contributed by atoms with Crippen molar-refractivity contribution in [2.45, 2.75) is 32.8 Å². The van der Waals surface area contributed by atoms with Crippen LogP contribution in [0.3, 0.4) is 0 Å². The third-order valence-corrected chi connectivity index (χ3v) is 4.94. The second-order valence-corrected chi connectivity index (χ2v) is 8.40. The Kier molecular flexibility index (Phi) is 5.61. The van der Waals surface area contributed by atoms with E-state index in [2.05, 4.69) is 10.1 Å². The summed E-state index contributed by atoms with van der Waals surface area (Å²) in [6, 6.07) is 0. The highest BCUT2D eigenvalue weighted by Gasteiger charge is 2.38. The third kappa shape index (κ3) is 5.91. The van der Waals surface area contributed by atoms with Gasteiger partial charge in [0.15, 0.2) is 9.84 Å². The van der Waals surface area contributed by atoms with Gasteiger partial charge in [-0.3, -0.25) is 4.79 Å². The van der Waals surface area contributed by atoms with E-state index < -0.39 is 33.4 Å². The molecule has 7 nitrogen and oxygen atoms in total. The highest BCUT2D eigenvalue weighted by atomic mass is 32.2.